The van der Waals surface area contributed by atoms with Crippen LogP contribution in [0.2, 0.25) is 0 Å². The second kappa shape index (κ2) is 6.69. The van der Waals surface area contributed by atoms with Crippen LogP contribution in [-0.4, -0.2) is 49.1 Å². The molecule has 3 heterocycles. The molecule has 4 atom stereocenters. The molecule has 126 valence electrons. The van der Waals surface area contributed by atoms with Crippen LogP contribution in [-0.2, 0) is 9.47 Å². The van der Waals surface area contributed by atoms with E-state index >= 15 is 0 Å². The summed E-state index contributed by atoms with van der Waals surface area (Å²) in [5, 5.41) is 20.6. The van der Waals surface area contributed by atoms with E-state index in [2.05, 4.69) is 4.98 Å². The summed E-state index contributed by atoms with van der Waals surface area (Å²) < 4.78 is 25.5. The number of thioether (sulfide) groups is 2. The summed E-state index contributed by atoms with van der Waals surface area (Å²) in [6.45, 7) is 0.122. The predicted octanol–water partition coefficient (Wildman–Crippen LogP) is -0.163. The van der Waals surface area contributed by atoms with Crippen molar-refractivity contribution in [2.45, 2.75) is 23.2 Å². The maximum atomic E-state index is 13.4. The van der Waals surface area contributed by atoms with E-state index in [0.717, 1.165) is 22.5 Å². The van der Waals surface area contributed by atoms with Gasteiger partial charge in [-0.2, -0.15) is 4.98 Å². The fourth-order valence-corrected chi connectivity index (χ4v) is 3.80. The van der Waals surface area contributed by atoms with E-state index in [1.807, 2.05) is 0 Å². The van der Waals surface area contributed by atoms with Crippen LogP contribution in [0.1, 0.15) is 6.23 Å². The quantitative estimate of drug-likeness (QED) is 0.670. The molecule has 8 nitrogen and oxygen atoms in total. The Hall–Kier alpha value is -1.27. The van der Waals surface area contributed by atoms with Crippen molar-refractivity contribution >= 4 is 29.3 Å². The summed E-state index contributed by atoms with van der Waals surface area (Å²) in [6, 6.07) is 0. The van der Waals surface area contributed by atoms with Gasteiger partial charge in [0.05, 0.1) is 6.20 Å². The van der Waals surface area contributed by atoms with Crippen molar-refractivity contribution in [1.82, 2.24) is 9.55 Å². The van der Waals surface area contributed by atoms with E-state index in [-0.39, 0.29) is 12.4 Å². The number of anilines is 1. The van der Waals surface area contributed by atoms with Gasteiger partial charge in [-0.1, -0.05) is 11.8 Å². The van der Waals surface area contributed by atoms with Gasteiger partial charge in [-0.3, -0.25) is 4.57 Å². The van der Waals surface area contributed by atoms with E-state index in [0.29, 0.717) is 5.75 Å². The first-order chi connectivity index (χ1) is 11.0. The van der Waals surface area contributed by atoms with Crippen LogP contribution in [0.15, 0.2) is 22.2 Å². The van der Waals surface area contributed by atoms with Crippen molar-refractivity contribution in [3.63, 3.8) is 0 Å². The number of aliphatic hydroxyl groups excluding tert-OH is 2. The fraction of sp³-hybridized carbons (Fsp3) is 0.500. The fourth-order valence-electron chi connectivity index (χ4n) is 2.05. The van der Waals surface area contributed by atoms with Crippen LogP contribution in [0.3, 0.4) is 0 Å². The summed E-state index contributed by atoms with van der Waals surface area (Å²) in [4.78, 5) is 15.1. The molecule has 1 aromatic rings. The number of nitrogens with zero attached hydrogens (tertiary/aromatic N) is 2. The minimum atomic E-state index is -1.07. The topological polar surface area (TPSA) is 120 Å². The molecule has 0 bridgehead atoms. The van der Waals surface area contributed by atoms with Crippen LogP contribution < -0.4 is 11.4 Å². The number of hydrogen-bond acceptors (Lipinski definition) is 9. The van der Waals surface area contributed by atoms with E-state index in [9.17, 15) is 19.4 Å². The van der Waals surface area contributed by atoms with Crippen LogP contribution in [0.5, 0.6) is 0 Å². The Kier molecular flexibility index (Phi) is 4.82. The third-order valence-corrected chi connectivity index (χ3v) is 5.25. The molecule has 2 aliphatic heterocycles. The van der Waals surface area contributed by atoms with Gasteiger partial charge in [0.1, 0.15) is 35.6 Å². The van der Waals surface area contributed by atoms with Crippen molar-refractivity contribution in [2.24, 2.45) is 0 Å². The monoisotopic (exact) mass is 363 g/mol. The molecular weight excluding hydrogens is 349 g/mol. The second-order valence-electron chi connectivity index (χ2n) is 4.82. The van der Waals surface area contributed by atoms with E-state index in [4.69, 9.17) is 15.2 Å². The number of hydrogen-bond donors (Lipinski definition) is 3. The molecule has 0 saturated carbocycles. The second-order valence-corrected chi connectivity index (χ2v) is 7.00. The Morgan fingerprint density at radius 2 is 2.35 bits per heavy atom. The van der Waals surface area contributed by atoms with Gasteiger partial charge in [0, 0.05) is 11.2 Å². The zero-order valence-corrected chi connectivity index (χ0v) is 13.3. The smallest absolute Gasteiger partial charge is 0.351 e. The van der Waals surface area contributed by atoms with E-state index in [1.54, 1.807) is 0 Å². The number of nitrogen functional groups attached to an aromatic ring is 1. The molecule has 4 N–H and O–H groups in total. The van der Waals surface area contributed by atoms with E-state index < -0.39 is 40.5 Å². The Labute approximate surface area is 138 Å². The molecule has 1 aromatic heterocycles. The van der Waals surface area contributed by atoms with Crippen LogP contribution in [0.4, 0.5) is 10.2 Å². The highest BCUT2D eigenvalue weighted by atomic mass is 32.2. The number of aliphatic hydroxyl groups is 2. The van der Waals surface area contributed by atoms with Gasteiger partial charge in [-0.05, 0) is 0 Å². The Morgan fingerprint density at radius 1 is 1.57 bits per heavy atom. The Bertz CT molecular complexity index is 685. The lowest BCUT2D eigenvalue weighted by molar-refractivity contribution is -0.0250. The van der Waals surface area contributed by atoms with Crippen molar-refractivity contribution in [3.05, 3.63) is 33.7 Å². The first-order valence-corrected chi connectivity index (χ1v) is 8.60. The van der Waals surface area contributed by atoms with Gasteiger partial charge in [-0.25, -0.2) is 9.18 Å². The van der Waals surface area contributed by atoms with Crippen molar-refractivity contribution in [3.8, 4) is 0 Å². The highest BCUT2D eigenvalue weighted by molar-refractivity contribution is 8.02. The Morgan fingerprint density at radius 3 is 3.04 bits per heavy atom. The minimum absolute atomic E-state index is 0.122. The van der Waals surface area contributed by atoms with E-state index in [1.165, 1.54) is 17.2 Å². The average molecular weight is 363 g/mol. The highest BCUT2D eigenvalue weighted by Crippen LogP contribution is 2.34. The number of halogens is 1. The Balaban J connectivity index is 1.59. The summed E-state index contributed by atoms with van der Waals surface area (Å²) in [5.41, 5.74) is 3.22. The molecule has 3 rings (SSSR count). The summed E-state index contributed by atoms with van der Waals surface area (Å²) in [5.74, 6) is -0.552. The van der Waals surface area contributed by atoms with Crippen LogP contribution in [0, 0.1) is 5.82 Å². The SMILES string of the molecule is Nc1nc(=O)n(C2CSC(COC3=CSC(O)C3O)O2)cc1F. The summed E-state index contributed by atoms with van der Waals surface area (Å²) >= 11 is 2.44. The normalized spacial score (nSPS) is 30.5. The molecule has 0 aliphatic carbocycles. The van der Waals surface area contributed by atoms with Gasteiger partial charge in [0.25, 0.3) is 0 Å². The third kappa shape index (κ3) is 3.48. The summed E-state index contributed by atoms with van der Waals surface area (Å²) in [6.07, 6.45) is -0.776. The van der Waals surface area contributed by atoms with Crippen LogP contribution >= 0.6 is 23.5 Å². The first kappa shape index (κ1) is 16.6. The molecule has 2 aliphatic rings. The van der Waals surface area contributed by atoms with Gasteiger partial charge in [0.2, 0.25) is 0 Å². The van der Waals surface area contributed by atoms with Crippen molar-refractivity contribution in [2.75, 3.05) is 18.1 Å². The lowest BCUT2D eigenvalue weighted by atomic mass is 10.3. The lowest BCUT2D eigenvalue weighted by Crippen LogP contribution is -2.30. The van der Waals surface area contributed by atoms with Gasteiger partial charge >= 0.3 is 5.69 Å². The van der Waals surface area contributed by atoms with Crippen molar-refractivity contribution < 1.29 is 24.1 Å². The number of rotatable bonds is 4. The largest absolute Gasteiger partial charge is 0.491 e. The standard InChI is InChI=1S/C12H14FN3O5S2/c13-5-1-16(12(19)15-10(5)14)7-4-22-8(21-7)2-20-6-3-23-11(18)9(6)17/h1,3,7-9,11,17-18H,2,4H2,(H2,14,15,19). The van der Waals surface area contributed by atoms with Crippen molar-refractivity contribution in [1.29, 1.82) is 0 Å². The third-order valence-electron chi connectivity index (χ3n) is 3.25. The van der Waals surface area contributed by atoms with Crippen LogP contribution in [0.25, 0.3) is 0 Å². The number of aromatic nitrogens is 2. The maximum absolute atomic E-state index is 13.4. The zero-order valence-electron chi connectivity index (χ0n) is 11.7. The highest BCUT2D eigenvalue weighted by Gasteiger charge is 2.32. The predicted molar refractivity (Wildman–Crippen MR) is 82.9 cm³/mol. The van der Waals surface area contributed by atoms with Gasteiger partial charge in [0.15, 0.2) is 11.6 Å². The number of nitrogens with two attached hydrogens (primary N) is 1. The maximum Gasteiger partial charge on any atom is 0.351 e. The molecule has 0 spiro atoms. The molecule has 23 heavy (non-hydrogen) atoms. The minimum Gasteiger partial charge on any atom is -0.491 e. The molecule has 0 radical (unpaired) electrons. The van der Waals surface area contributed by atoms with Gasteiger partial charge in [-0.15, -0.1) is 11.8 Å². The molecule has 11 heteroatoms. The molecule has 1 saturated heterocycles. The first-order valence-electron chi connectivity index (χ1n) is 6.61. The lowest BCUT2D eigenvalue weighted by Gasteiger charge is -2.17. The number of ether oxygens (including phenoxy) is 2. The molecule has 0 amide bonds. The van der Waals surface area contributed by atoms with Gasteiger partial charge < -0.3 is 25.4 Å². The molecule has 0 aromatic carbocycles. The molecule has 1 fully saturated rings. The zero-order chi connectivity index (χ0) is 16.6. The average Bonchev–Trinajstić information content (AvgIpc) is 3.10. The molecular formula is C12H14FN3O5S2. The molecule has 4 unspecified atom stereocenters. The summed E-state index contributed by atoms with van der Waals surface area (Å²) in [7, 11) is 0.